The van der Waals surface area contributed by atoms with Crippen molar-refractivity contribution in [2.24, 2.45) is 5.92 Å². The Balaban J connectivity index is 1.72. The van der Waals surface area contributed by atoms with Crippen LogP contribution in [-0.4, -0.2) is 53.3 Å². The van der Waals surface area contributed by atoms with Gasteiger partial charge in [-0.05, 0) is 44.3 Å². The number of nitrogens with one attached hydrogen (secondary N) is 1. The maximum Gasteiger partial charge on any atom is 0.317 e. The number of hydrogen-bond acceptors (Lipinski definition) is 3. The Morgan fingerprint density at radius 2 is 2.06 bits per heavy atom. The highest BCUT2D eigenvalue weighted by Gasteiger charge is 2.28. The predicted molar refractivity (Wildman–Crippen MR) is 74.9 cm³/mol. The first-order valence-corrected chi connectivity index (χ1v) is 8.20. The average molecular weight is 272 g/mol. The van der Waals surface area contributed by atoms with Crippen LogP contribution in [0.1, 0.15) is 32.1 Å². The van der Waals surface area contributed by atoms with E-state index in [0.717, 1.165) is 44.0 Å². The van der Waals surface area contributed by atoms with E-state index >= 15 is 0 Å². The van der Waals surface area contributed by atoms with Gasteiger partial charge in [-0.25, -0.2) is 4.79 Å². The summed E-state index contributed by atoms with van der Waals surface area (Å²) in [5, 5.41) is 13.0. The van der Waals surface area contributed by atoms with Gasteiger partial charge in [-0.2, -0.15) is 11.8 Å². The normalized spacial score (nSPS) is 29.6. The molecule has 0 aromatic heterocycles. The quantitative estimate of drug-likeness (QED) is 0.822. The van der Waals surface area contributed by atoms with Crippen molar-refractivity contribution in [2.45, 2.75) is 43.4 Å². The van der Waals surface area contributed by atoms with E-state index in [1.165, 1.54) is 6.42 Å². The molecule has 1 saturated carbocycles. The van der Waals surface area contributed by atoms with E-state index in [4.69, 9.17) is 5.11 Å². The van der Waals surface area contributed by atoms with Gasteiger partial charge in [-0.3, -0.25) is 0 Å². The summed E-state index contributed by atoms with van der Waals surface area (Å²) in [6.07, 6.45) is 7.46. The summed E-state index contributed by atoms with van der Waals surface area (Å²) in [6, 6.07) is 0.462. The van der Waals surface area contributed by atoms with Crippen molar-refractivity contribution in [2.75, 3.05) is 26.0 Å². The van der Waals surface area contributed by atoms with Gasteiger partial charge in [-0.1, -0.05) is 0 Å². The van der Waals surface area contributed by atoms with Gasteiger partial charge in [0.05, 0.1) is 0 Å². The highest BCUT2D eigenvalue weighted by atomic mass is 32.2. The van der Waals surface area contributed by atoms with E-state index < -0.39 is 0 Å². The minimum Gasteiger partial charge on any atom is -0.396 e. The number of carbonyl (C=O) groups is 1. The van der Waals surface area contributed by atoms with Crippen LogP contribution in [0.2, 0.25) is 0 Å². The van der Waals surface area contributed by atoms with Gasteiger partial charge >= 0.3 is 6.03 Å². The van der Waals surface area contributed by atoms with Crippen LogP contribution in [0, 0.1) is 5.92 Å². The maximum absolute atomic E-state index is 12.1. The topological polar surface area (TPSA) is 52.6 Å². The molecule has 2 fully saturated rings. The smallest absolute Gasteiger partial charge is 0.317 e. The van der Waals surface area contributed by atoms with Crippen molar-refractivity contribution in [3.63, 3.8) is 0 Å². The molecule has 104 valence electrons. The van der Waals surface area contributed by atoms with Crippen LogP contribution in [0.25, 0.3) is 0 Å². The highest BCUT2D eigenvalue weighted by molar-refractivity contribution is 7.99. The number of nitrogens with zero attached hydrogens (tertiary/aromatic N) is 1. The summed E-state index contributed by atoms with van der Waals surface area (Å²) < 4.78 is 0. The number of likely N-dealkylation sites (tertiary alicyclic amines) is 1. The van der Waals surface area contributed by atoms with Crippen LogP contribution in [0.15, 0.2) is 0 Å². The number of aliphatic hydroxyl groups excluding tert-OH is 1. The second kappa shape index (κ2) is 6.66. The predicted octanol–water partition coefficient (Wildman–Crippen LogP) is 1.68. The molecular formula is C13H24N2O2S. The second-order valence-electron chi connectivity index (χ2n) is 5.43. The van der Waals surface area contributed by atoms with Crippen molar-refractivity contribution in [3.8, 4) is 0 Å². The molecule has 0 aromatic carbocycles. The molecule has 2 amide bonds. The lowest BCUT2D eigenvalue weighted by molar-refractivity contribution is 0.135. The third kappa shape index (κ3) is 3.54. The molecule has 18 heavy (non-hydrogen) atoms. The Morgan fingerprint density at radius 3 is 2.61 bits per heavy atom. The van der Waals surface area contributed by atoms with Gasteiger partial charge < -0.3 is 15.3 Å². The van der Waals surface area contributed by atoms with E-state index in [0.29, 0.717) is 12.0 Å². The van der Waals surface area contributed by atoms with E-state index in [2.05, 4.69) is 11.6 Å². The van der Waals surface area contributed by atoms with Gasteiger partial charge in [-0.15, -0.1) is 0 Å². The van der Waals surface area contributed by atoms with E-state index in [-0.39, 0.29) is 12.6 Å². The Labute approximate surface area is 113 Å². The number of piperidine rings is 1. The number of carbonyl (C=O) groups excluding carboxylic acids is 1. The lowest BCUT2D eigenvalue weighted by Crippen LogP contribution is -2.47. The number of hydrogen-bond donors (Lipinski definition) is 2. The van der Waals surface area contributed by atoms with Crippen molar-refractivity contribution >= 4 is 17.8 Å². The number of amides is 2. The zero-order valence-electron chi connectivity index (χ0n) is 11.1. The zero-order valence-corrected chi connectivity index (χ0v) is 11.9. The molecule has 1 heterocycles. The van der Waals surface area contributed by atoms with Crippen LogP contribution < -0.4 is 5.32 Å². The van der Waals surface area contributed by atoms with Crippen LogP contribution in [-0.2, 0) is 0 Å². The van der Waals surface area contributed by atoms with Crippen molar-refractivity contribution in [1.29, 1.82) is 0 Å². The van der Waals surface area contributed by atoms with Crippen molar-refractivity contribution < 1.29 is 9.90 Å². The Bertz CT molecular complexity index is 280. The first kappa shape index (κ1) is 14.0. The third-order valence-electron chi connectivity index (χ3n) is 4.21. The molecular weight excluding hydrogens is 248 g/mol. The lowest BCUT2D eigenvalue weighted by atomic mass is 9.98. The highest BCUT2D eigenvalue weighted by Crippen LogP contribution is 2.28. The SMILES string of the molecule is CSC1CCC(NC(=O)N2CCC(CO)CC2)C1. The largest absolute Gasteiger partial charge is 0.396 e. The average Bonchev–Trinajstić information content (AvgIpc) is 2.86. The zero-order chi connectivity index (χ0) is 13.0. The molecule has 1 saturated heterocycles. The fourth-order valence-corrected chi connectivity index (χ4v) is 3.67. The van der Waals surface area contributed by atoms with Crippen LogP contribution >= 0.6 is 11.8 Å². The minimum atomic E-state index is 0.0955. The molecule has 0 aromatic rings. The molecule has 0 bridgehead atoms. The molecule has 2 aliphatic rings. The molecule has 2 rings (SSSR count). The molecule has 2 N–H and O–H groups in total. The number of thioether (sulfide) groups is 1. The molecule has 2 unspecified atom stereocenters. The molecule has 2 atom stereocenters. The Kier molecular flexibility index (Phi) is 5.18. The summed E-state index contributed by atoms with van der Waals surface area (Å²) in [7, 11) is 0. The monoisotopic (exact) mass is 272 g/mol. The third-order valence-corrected chi connectivity index (χ3v) is 5.30. The second-order valence-corrected chi connectivity index (χ2v) is 6.57. The fraction of sp³-hybridized carbons (Fsp3) is 0.923. The van der Waals surface area contributed by atoms with Gasteiger partial charge in [0.1, 0.15) is 0 Å². The van der Waals surface area contributed by atoms with Crippen molar-refractivity contribution in [1.82, 2.24) is 10.2 Å². The van der Waals surface area contributed by atoms with Crippen LogP contribution in [0.5, 0.6) is 0 Å². The fourth-order valence-electron chi connectivity index (χ4n) is 2.87. The summed E-state index contributed by atoms with van der Waals surface area (Å²) in [4.78, 5) is 14.0. The number of rotatable bonds is 3. The van der Waals surface area contributed by atoms with Crippen LogP contribution in [0.4, 0.5) is 4.79 Å². The Morgan fingerprint density at radius 1 is 1.33 bits per heavy atom. The summed E-state index contributed by atoms with van der Waals surface area (Å²) in [5.74, 6) is 0.390. The van der Waals surface area contributed by atoms with E-state index in [1.807, 2.05) is 16.7 Å². The first-order valence-electron chi connectivity index (χ1n) is 6.92. The number of urea groups is 1. The van der Waals surface area contributed by atoms with Crippen LogP contribution in [0.3, 0.4) is 0 Å². The molecule has 1 aliphatic heterocycles. The van der Waals surface area contributed by atoms with Gasteiger partial charge in [0.2, 0.25) is 0 Å². The summed E-state index contributed by atoms with van der Waals surface area (Å²) in [6.45, 7) is 1.83. The van der Waals surface area contributed by atoms with E-state index in [1.54, 1.807) is 0 Å². The standard InChI is InChI=1S/C13H24N2O2S/c1-18-12-3-2-11(8-12)14-13(17)15-6-4-10(9-16)5-7-15/h10-12,16H,2-9H2,1H3,(H,14,17). The molecule has 5 heteroatoms. The van der Waals surface area contributed by atoms with Gasteiger partial charge in [0, 0.05) is 31.0 Å². The first-order chi connectivity index (χ1) is 8.72. The minimum absolute atomic E-state index is 0.0955. The van der Waals surface area contributed by atoms with E-state index in [9.17, 15) is 4.79 Å². The summed E-state index contributed by atoms with van der Waals surface area (Å²) in [5.41, 5.74) is 0. The maximum atomic E-state index is 12.1. The van der Waals surface area contributed by atoms with Gasteiger partial charge in [0.15, 0.2) is 0 Å². The number of aliphatic hydroxyl groups is 1. The summed E-state index contributed by atoms with van der Waals surface area (Å²) >= 11 is 1.91. The molecule has 0 radical (unpaired) electrons. The Hall–Kier alpha value is -0.420. The molecule has 1 aliphatic carbocycles. The van der Waals surface area contributed by atoms with Crippen molar-refractivity contribution in [3.05, 3.63) is 0 Å². The lowest BCUT2D eigenvalue weighted by Gasteiger charge is -2.32. The van der Waals surface area contributed by atoms with Gasteiger partial charge in [0.25, 0.3) is 0 Å². The molecule has 4 nitrogen and oxygen atoms in total. The molecule has 0 spiro atoms.